The number of amides is 2. The largest absolute Gasteiger partial charge is 0.478 e. The van der Waals surface area contributed by atoms with Crippen molar-refractivity contribution >= 4 is 17.8 Å². The van der Waals surface area contributed by atoms with Gasteiger partial charge in [-0.05, 0) is 31.4 Å². The number of benzene rings is 1. The Balaban J connectivity index is 2.10. The Morgan fingerprint density at radius 3 is 2.16 bits per heavy atom. The molecule has 5 heteroatoms. The zero-order valence-electron chi connectivity index (χ0n) is 10.0. The van der Waals surface area contributed by atoms with Crippen molar-refractivity contribution in [1.82, 2.24) is 4.90 Å². The lowest BCUT2D eigenvalue weighted by Gasteiger charge is -2.16. The molecule has 1 aliphatic heterocycles. The molecular formula is C14H11NO4. The number of hydrogen-bond acceptors (Lipinski definition) is 3. The van der Waals surface area contributed by atoms with E-state index in [1.54, 1.807) is 24.3 Å². The van der Waals surface area contributed by atoms with Gasteiger partial charge in [0.25, 0.3) is 11.8 Å². The number of carboxylic acid groups (broad SMARTS) is 1. The van der Waals surface area contributed by atoms with Gasteiger partial charge in [-0.2, -0.15) is 0 Å². The highest BCUT2D eigenvalue weighted by Gasteiger charge is 2.40. The summed E-state index contributed by atoms with van der Waals surface area (Å²) in [4.78, 5) is 36.7. The molecule has 2 amide bonds. The lowest BCUT2D eigenvalue weighted by atomic mass is 10.1. The fourth-order valence-corrected chi connectivity index (χ4v) is 2.64. The van der Waals surface area contributed by atoms with Crippen LogP contribution in [0.2, 0.25) is 0 Å². The molecule has 0 atom stereocenters. The summed E-state index contributed by atoms with van der Waals surface area (Å²) in [6.45, 7) is 0. The van der Waals surface area contributed by atoms with Crippen molar-refractivity contribution in [2.45, 2.75) is 19.3 Å². The van der Waals surface area contributed by atoms with E-state index in [0.717, 1.165) is 4.90 Å². The Hall–Kier alpha value is -2.43. The second-order valence-electron chi connectivity index (χ2n) is 4.58. The molecule has 1 heterocycles. The highest BCUT2D eigenvalue weighted by Crippen LogP contribution is 2.34. The predicted octanol–water partition coefficient (Wildman–Crippen LogP) is 1.81. The highest BCUT2D eigenvalue weighted by atomic mass is 16.4. The molecule has 3 rings (SSSR count). The summed E-state index contributed by atoms with van der Waals surface area (Å²) in [6.07, 6.45) is 1.51. The monoisotopic (exact) mass is 257 g/mol. The summed E-state index contributed by atoms with van der Waals surface area (Å²) in [5.41, 5.74) is 1.21. The van der Waals surface area contributed by atoms with Crippen molar-refractivity contribution in [2.75, 3.05) is 0 Å². The van der Waals surface area contributed by atoms with Crippen LogP contribution in [0.15, 0.2) is 35.5 Å². The zero-order chi connectivity index (χ0) is 13.6. The molecule has 0 saturated heterocycles. The maximum atomic E-state index is 12.2. The van der Waals surface area contributed by atoms with Crippen molar-refractivity contribution < 1.29 is 19.5 Å². The number of imide groups is 1. The molecule has 5 nitrogen and oxygen atoms in total. The number of hydrogen-bond donors (Lipinski definition) is 1. The molecule has 0 unspecified atom stereocenters. The molecule has 2 aliphatic rings. The number of allylic oxidation sites excluding steroid dienone is 1. The Kier molecular flexibility index (Phi) is 2.48. The number of rotatable bonds is 2. The Labute approximate surface area is 109 Å². The van der Waals surface area contributed by atoms with Crippen LogP contribution in [0, 0.1) is 0 Å². The molecule has 1 aromatic carbocycles. The number of nitrogens with zero attached hydrogens (tertiary/aromatic N) is 1. The summed E-state index contributed by atoms with van der Waals surface area (Å²) in [7, 11) is 0. The number of fused-ring (bicyclic) bond motifs is 1. The average Bonchev–Trinajstić information content (AvgIpc) is 2.95. The molecule has 96 valence electrons. The predicted molar refractivity (Wildman–Crippen MR) is 65.5 cm³/mol. The van der Waals surface area contributed by atoms with Crippen LogP contribution >= 0.6 is 0 Å². The third-order valence-electron chi connectivity index (χ3n) is 3.51. The van der Waals surface area contributed by atoms with Crippen LogP contribution in [-0.4, -0.2) is 27.8 Å². The van der Waals surface area contributed by atoms with Crippen LogP contribution in [0.4, 0.5) is 0 Å². The van der Waals surface area contributed by atoms with E-state index < -0.39 is 17.8 Å². The van der Waals surface area contributed by atoms with Gasteiger partial charge in [-0.3, -0.25) is 9.59 Å². The van der Waals surface area contributed by atoms with E-state index in [4.69, 9.17) is 5.11 Å². The minimum absolute atomic E-state index is 0.175. The van der Waals surface area contributed by atoms with E-state index in [-0.39, 0.29) is 5.57 Å². The van der Waals surface area contributed by atoms with Crippen LogP contribution in [-0.2, 0) is 4.79 Å². The molecule has 19 heavy (non-hydrogen) atoms. The van der Waals surface area contributed by atoms with Crippen molar-refractivity contribution in [3.8, 4) is 0 Å². The van der Waals surface area contributed by atoms with E-state index >= 15 is 0 Å². The van der Waals surface area contributed by atoms with E-state index in [0.29, 0.717) is 36.1 Å². The van der Waals surface area contributed by atoms with Crippen molar-refractivity contribution in [3.05, 3.63) is 46.7 Å². The third-order valence-corrected chi connectivity index (χ3v) is 3.51. The van der Waals surface area contributed by atoms with Crippen LogP contribution in [0.1, 0.15) is 40.0 Å². The minimum Gasteiger partial charge on any atom is -0.478 e. The van der Waals surface area contributed by atoms with Gasteiger partial charge >= 0.3 is 5.97 Å². The molecule has 1 N–H and O–H groups in total. The van der Waals surface area contributed by atoms with Gasteiger partial charge in [0.05, 0.1) is 16.7 Å². The average molecular weight is 257 g/mol. The second-order valence-corrected chi connectivity index (χ2v) is 4.58. The van der Waals surface area contributed by atoms with Crippen molar-refractivity contribution in [3.63, 3.8) is 0 Å². The summed E-state index contributed by atoms with van der Waals surface area (Å²) in [5, 5.41) is 9.13. The molecule has 0 spiro atoms. The lowest BCUT2D eigenvalue weighted by Crippen LogP contribution is -2.29. The van der Waals surface area contributed by atoms with Crippen LogP contribution < -0.4 is 0 Å². The van der Waals surface area contributed by atoms with Crippen LogP contribution in [0.5, 0.6) is 0 Å². The number of carbonyl (C=O) groups is 3. The van der Waals surface area contributed by atoms with Gasteiger partial charge in [0.2, 0.25) is 0 Å². The Morgan fingerprint density at radius 2 is 1.63 bits per heavy atom. The first-order chi connectivity index (χ1) is 9.11. The molecule has 0 fully saturated rings. The van der Waals surface area contributed by atoms with Gasteiger partial charge in [-0.25, -0.2) is 9.69 Å². The maximum absolute atomic E-state index is 12.2. The van der Waals surface area contributed by atoms with E-state index in [1.165, 1.54) is 0 Å². The van der Waals surface area contributed by atoms with E-state index in [9.17, 15) is 14.4 Å². The first kappa shape index (κ1) is 11.6. The first-order valence-electron chi connectivity index (χ1n) is 6.04. The molecular weight excluding hydrogens is 246 g/mol. The number of carboxylic acids is 1. The quantitative estimate of drug-likeness (QED) is 0.820. The highest BCUT2D eigenvalue weighted by molar-refractivity contribution is 6.22. The normalized spacial score (nSPS) is 18.2. The lowest BCUT2D eigenvalue weighted by molar-refractivity contribution is -0.132. The number of carbonyl (C=O) groups excluding carboxylic acids is 2. The van der Waals surface area contributed by atoms with Gasteiger partial charge in [0.15, 0.2) is 0 Å². The molecule has 1 aliphatic carbocycles. The van der Waals surface area contributed by atoms with E-state index in [1.807, 2.05) is 0 Å². The van der Waals surface area contributed by atoms with E-state index in [2.05, 4.69) is 0 Å². The van der Waals surface area contributed by atoms with Crippen LogP contribution in [0.25, 0.3) is 0 Å². The molecule has 0 aromatic heterocycles. The maximum Gasteiger partial charge on any atom is 0.333 e. The molecule has 0 bridgehead atoms. The zero-order valence-corrected chi connectivity index (χ0v) is 10.0. The van der Waals surface area contributed by atoms with Gasteiger partial charge in [0.1, 0.15) is 0 Å². The standard InChI is InChI=1S/C14H11NO4/c16-12-8-4-1-2-5-9(8)13(17)15(12)11-7-3-6-10(11)14(18)19/h1-2,4-5H,3,6-7H2,(H,18,19). The van der Waals surface area contributed by atoms with Gasteiger partial charge < -0.3 is 5.11 Å². The topological polar surface area (TPSA) is 74.7 Å². The first-order valence-corrected chi connectivity index (χ1v) is 6.04. The summed E-state index contributed by atoms with van der Waals surface area (Å²) >= 11 is 0. The van der Waals surface area contributed by atoms with Crippen LogP contribution in [0.3, 0.4) is 0 Å². The van der Waals surface area contributed by atoms with Gasteiger partial charge in [0, 0.05) is 5.70 Å². The van der Waals surface area contributed by atoms with Crippen molar-refractivity contribution in [1.29, 1.82) is 0 Å². The fraction of sp³-hybridized carbons (Fsp3) is 0.214. The molecule has 1 aromatic rings. The van der Waals surface area contributed by atoms with Crippen molar-refractivity contribution in [2.24, 2.45) is 0 Å². The summed E-state index contributed by atoms with van der Waals surface area (Å²) in [6, 6.07) is 6.56. The SMILES string of the molecule is O=C(O)C1=C(N2C(=O)c3ccccc3C2=O)CCC1. The Bertz CT molecular complexity index is 610. The second kappa shape index (κ2) is 4.05. The van der Waals surface area contributed by atoms with Gasteiger partial charge in [-0.15, -0.1) is 0 Å². The molecule has 0 radical (unpaired) electrons. The fourth-order valence-electron chi connectivity index (χ4n) is 2.64. The Morgan fingerprint density at radius 1 is 1.05 bits per heavy atom. The smallest absolute Gasteiger partial charge is 0.333 e. The summed E-state index contributed by atoms with van der Waals surface area (Å²) < 4.78 is 0. The summed E-state index contributed by atoms with van der Waals surface area (Å²) in [5.74, 6) is -1.89. The minimum atomic E-state index is -1.05. The number of aliphatic carboxylic acids is 1. The molecule has 0 saturated carbocycles. The third kappa shape index (κ3) is 1.58. The van der Waals surface area contributed by atoms with Gasteiger partial charge in [-0.1, -0.05) is 12.1 Å².